The molecule has 1 aromatic carbocycles. The van der Waals surface area contributed by atoms with Crippen LogP contribution >= 0.6 is 0 Å². The number of rotatable bonds is 0. The monoisotopic (exact) mass is 400 g/mol. The summed E-state index contributed by atoms with van der Waals surface area (Å²) in [4.78, 5) is 0. The predicted molar refractivity (Wildman–Crippen MR) is 61.3 cm³/mol. The minimum absolute atomic E-state index is 0. The third-order valence-corrected chi connectivity index (χ3v) is 2.89. The average Bonchev–Trinajstić information content (AvgIpc) is 2.98. The van der Waals surface area contributed by atoms with Gasteiger partial charge in [-0.15, -0.1) is 0 Å². The van der Waals surface area contributed by atoms with E-state index in [1.165, 1.54) is 0 Å². The molecule has 0 spiro atoms. The Kier molecular flexibility index (Phi) is 2.28. The summed E-state index contributed by atoms with van der Waals surface area (Å²) in [6.07, 6.45) is 3.38. The minimum Gasteiger partial charge on any atom is -0.567 e. The first-order chi connectivity index (χ1) is 7.95. The molecule has 4 aromatic rings. The molecule has 3 heterocycles. The van der Waals surface area contributed by atoms with Crippen molar-refractivity contribution in [3.63, 3.8) is 0 Å². The summed E-state index contributed by atoms with van der Waals surface area (Å²) in [6, 6.07) is 13.2. The van der Waals surface area contributed by atoms with Gasteiger partial charge in [0.1, 0.15) is 0 Å². The van der Waals surface area contributed by atoms with Gasteiger partial charge in [-0.1, -0.05) is 35.2 Å². The minimum atomic E-state index is 0. The van der Waals surface area contributed by atoms with Crippen molar-refractivity contribution in [3.8, 4) is 0 Å². The van der Waals surface area contributed by atoms with Crippen LogP contribution in [-0.2, 0) is 20.1 Å². The fourth-order valence-electron chi connectivity index (χ4n) is 2.20. The van der Waals surface area contributed by atoms with Crippen molar-refractivity contribution < 1.29 is 24.5 Å². The summed E-state index contributed by atoms with van der Waals surface area (Å²) in [7, 11) is 0. The number of hydrogen-bond acceptors (Lipinski definition) is 2. The molecule has 0 atom stereocenters. The molecule has 1 radical (unpaired) electrons. The topological polar surface area (TPSA) is 30.4 Å². The van der Waals surface area contributed by atoms with E-state index >= 15 is 0 Å². The number of benzene rings is 1. The van der Waals surface area contributed by atoms with Crippen LogP contribution in [0.25, 0.3) is 27.4 Å². The summed E-state index contributed by atoms with van der Waals surface area (Å²) in [5.74, 6) is 0. The Labute approximate surface area is 110 Å². The normalized spacial score (nSPS) is 11.1. The number of nitrogens with zero attached hydrogens (tertiary/aromatic N) is 2. The summed E-state index contributed by atoms with van der Waals surface area (Å²) in [5, 5.41) is 6.55. The van der Waals surface area contributed by atoms with E-state index in [1.807, 2.05) is 22.7 Å². The molecule has 17 heavy (non-hydrogen) atoms. The van der Waals surface area contributed by atoms with E-state index in [2.05, 4.69) is 23.3 Å². The van der Waals surface area contributed by atoms with E-state index in [-0.39, 0.29) is 20.1 Å². The van der Waals surface area contributed by atoms with Crippen LogP contribution in [0.4, 0.5) is 0 Å². The fourth-order valence-corrected chi connectivity index (χ4v) is 2.20. The first-order valence-electron chi connectivity index (χ1n) is 5.08. The zero-order valence-electron chi connectivity index (χ0n) is 8.68. The molecule has 0 fully saturated rings. The third kappa shape index (κ3) is 1.28. The van der Waals surface area contributed by atoms with E-state index < -0.39 is 0 Å². The van der Waals surface area contributed by atoms with Crippen LogP contribution < -0.4 is 0 Å². The Bertz CT molecular complexity index is 747. The largest absolute Gasteiger partial charge is 0.567 e. The van der Waals surface area contributed by atoms with Crippen LogP contribution in [0.2, 0.25) is 0 Å². The molecule has 4 heteroatoms. The third-order valence-electron chi connectivity index (χ3n) is 2.89. The van der Waals surface area contributed by atoms with E-state index in [1.54, 1.807) is 12.5 Å². The molecule has 85 valence electrons. The van der Waals surface area contributed by atoms with Crippen LogP contribution in [0.1, 0.15) is 0 Å². The molecule has 0 N–H and O–H groups in total. The van der Waals surface area contributed by atoms with Gasteiger partial charge in [0, 0.05) is 31.9 Å². The van der Waals surface area contributed by atoms with Gasteiger partial charge < -0.3 is 4.42 Å². The Hall–Kier alpha value is -1.64. The van der Waals surface area contributed by atoms with Crippen molar-refractivity contribution in [2.75, 3.05) is 0 Å². The van der Waals surface area contributed by atoms with Crippen LogP contribution in [0.5, 0.6) is 0 Å². The quantitative estimate of drug-likeness (QED) is 0.426. The van der Waals surface area contributed by atoms with Crippen LogP contribution in [-0.4, -0.2) is 9.61 Å². The fraction of sp³-hybridized carbons (Fsp3) is 0. The second-order valence-corrected chi connectivity index (χ2v) is 3.73. The Balaban J connectivity index is 0.000000902. The molecule has 0 unspecified atom stereocenters. The summed E-state index contributed by atoms with van der Waals surface area (Å²) >= 11 is 0. The Morgan fingerprint density at radius 3 is 2.82 bits per heavy atom. The predicted octanol–water partition coefficient (Wildman–Crippen LogP) is 3.03. The zero-order valence-corrected chi connectivity index (χ0v) is 11.1. The van der Waals surface area contributed by atoms with Crippen LogP contribution in [0, 0.1) is 6.07 Å². The van der Waals surface area contributed by atoms with Gasteiger partial charge >= 0.3 is 0 Å². The summed E-state index contributed by atoms with van der Waals surface area (Å²) in [6.45, 7) is 0. The van der Waals surface area contributed by atoms with Crippen molar-refractivity contribution in [3.05, 3.63) is 48.9 Å². The molecule has 0 saturated heterocycles. The van der Waals surface area contributed by atoms with Crippen molar-refractivity contribution in [1.82, 2.24) is 9.61 Å². The smallest absolute Gasteiger partial charge is 0.0697 e. The maximum Gasteiger partial charge on any atom is 0.0697 e. The molecular weight excluding hydrogens is 392 g/mol. The van der Waals surface area contributed by atoms with Gasteiger partial charge in [0.25, 0.3) is 0 Å². The van der Waals surface area contributed by atoms with Crippen molar-refractivity contribution in [1.29, 1.82) is 0 Å². The SMILES string of the molecule is [Ir].[c-]1coc2c3ccccc3c3ccnn3c12. The standard InChI is InChI=1S/C13H7N2O.Ir/c1-2-4-10-9(3-1)11-5-7-14-15(11)12-6-8-16-13(10)12;/h1-5,7-8H;/q-1;. The van der Waals surface area contributed by atoms with Crippen molar-refractivity contribution >= 4 is 27.4 Å². The molecule has 4 rings (SSSR count). The van der Waals surface area contributed by atoms with Crippen LogP contribution in [0.15, 0.2) is 47.2 Å². The maximum absolute atomic E-state index is 5.49. The van der Waals surface area contributed by atoms with Crippen LogP contribution in [0.3, 0.4) is 0 Å². The molecule has 0 saturated carbocycles. The Morgan fingerprint density at radius 2 is 1.94 bits per heavy atom. The number of aromatic nitrogens is 2. The van der Waals surface area contributed by atoms with Gasteiger partial charge in [-0.05, 0) is 17.7 Å². The number of hydrogen-bond donors (Lipinski definition) is 0. The molecule has 0 aliphatic carbocycles. The summed E-state index contributed by atoms with van der Waals surface area (Å²) < 4.78 is 7.35. The average molecular weight is 399 g/mol. The van der Waals surface area contributed by atoms with E-state index in [0.29, 0.717) is 0 Å². The summed E-state index contributed by atoms with van der Waals surface area (Å²) in [5.41, 5.74) is 2.81. The van der Waals surface area contributed by atoms with Gasteiger partial charge in [-0.3, -0.25) is 4.52 Å². The molecule has 3 aromatic heterocycles. The van der Waals surface area contributed by atoms with Gasteiger partial charge in [0.05, 0.1) is 5.52 Å². The zero-order chi connectivity index (χ0) is 10.5. The maximum atomic E-state index is 5.49. The van der Waals surface area contributed by atoms with Gasteiger partial charge in [0.15, 0.2) is 0 Å². The van der Waals surface area contributed by atoms with Gasteiger partial charge in [-0.25, -0.2) is 0 Å². The van der Waals surface area contributed by atoms with Gasteiger partial charge in [-0.2, -0.15) is 11.2 Å². The van der Waals surface area contributed by atoms with E-state index in [4.69, 9.17) is 4.42 Å². The molecule has 0 aliphatic heterocycles. The van der Waals surface area contributed by atoms with E-state index in [0.717, 1.165) is 27.4 Å². The molecule has 0 amide bonds. The number of pyridine rings is 1. The second-order valence-electron chi connectivity index (χ2n) is 3.73. The molecular formula is C13H7IrN2O-. The van der Waals surface area contributed by atoms with E-state index in [9.17, 15) is 0 Å². The molecule has 0 aliphatic rings. The van der Waals surface area contributed by atoms with Crippen molar-refractivity contribution in [2.24, 2.45) is 0 Å². The Morgan fingerprint density at radius 1 is 1.12 bits per heavy atom. The van der Waals surface area contributed by atoms with Crippen molar-refractivity contribution in [2.45, 2.75) is 0 Å². The second kappa shape index (κ2) is 3.69. The first kappa shape index (κ1) is 10.5. The number of fused-ring (bicyclic) bond motifs is 6. The molecule has 3 nitrogen and oxygen atoms in total. The molecule has 0 bridgehead atoms. The number of furan rings is 1. The van der Waals surface area contributed by atoms with Gasteiger partial charge in [0.2, 0.25) is 0 Å². The first-order valence-corrected chi connectivity index (χ1v) is 5.08.